The first-order chi connectivity index (χ1) is 6.83. The average Bonchev–Trinajstić information content (AvgIpc) is 2.20. The second-order valence-electron chi connectivity index (χ2n) is 3.65. The third kappa shape index (κ3) is 4.46. The fourth-order valence-electron chi connectivity index (χ4n) is 1.48. The molecule has 1 aliphatic heterocycles. The summed E-state index contributed by atoms with van der Waals surface area (Å²) < 4.78 is 5.23. The van der Waals surface area contributed by atoms with Crippen molar-refractivity contribution in [2.24, 2.45) is 0 Å². The zero-order valence-electron chi connectivity index (χ0n) is 8.84. The Balaban J connectivity index is 2.06. The SMILES string of the molecule is CCCCNC(=O)OC1CCCNC1. The van der Waals surface area contributed by atoms with Crippen molar-refractivity contribution < 1.29 is 9.53 Å². The summed E-state index contributed by atoms with van der Waals surface area (Å²) >= 11 is 0. The Morgan fingerprint density at radius 3 is 3.14 bits per heavy atom. The molecule has 1 fully saturated rings. The molecular formula is C10H20N2O2. The van der Waals surface area contributed by atoms with Crippen molar-refractivity contribution in [2.75, 3.05) is 19.6 Å². The molecule has 0 aromatic carbocycles. The van der Waals surface area contributed by atoms with Crippen molar-refractivity contribution in [3.05, 3.63) is 0 Å². The topological polar surface area (TPSA) is 50.4 Å². The number of carbonyl (C=O) groups excluding carboxylic acids is 1. The molecule has 1 saturated heterocycles. The fourth-order valence-corrected chi connectivity index (χ4v) is 1.48. The highest BCUT2D eigenvalue weighted by molar-refractivity contribution is 5.67. The third-order valence-electron chi connectivity index (χ3n) is 2.33. The lowest BCUT2D eigenvalue weighted by Gasteiger charge is -2.22. The van der Waals surface area contributed by atoms with Crippen LogP contribution >= 0.6 is 0 Å². The molecule has 82 valence electrons. The standard InChI is InChI=1S/C10H20N2O2/c1-2-3-7-12-10(13)14-9-5-4-6-11-8-9/h9,11H,2-8H2,1H3,(H,12,13). The van der Waals surface area contributed by atoms with Gasteiger partial charge in [0.2, 0.25) is 0 Å². The van der Waals surface area contributed by atoms with E-state index >= 15 is 0 Å². The van der Waals surface area contributed by atoms with Gasteiger partial charge < -0.3 is 15.4 Å². The molecular weight excluding hydrogens is 180 g/mol. The molecule has 1 aliphatic rings. The molecule has 1 rings (SSSR count). The maximum atomic E-state index is 11.2. The summed E-state index contributed by atoms with van der Waals surface area (Å²) in [4.78, 5) is 11.2. The maximum absolute atomic E-state index is 11.2. The molecule has 1 atom stereocenters. The van der Waals surface area contributed by atoms with Gasteiger partial charge in [-0.15, -0.1) is 0 Å². The van der Waals surface area contributed by atoms with E-state index in [4.69, 9.17) is 4.74 Å². The van der Waals surface area contributed by atoms with Crippen molar-refractivity contribution in [3.63, 3.8) is 0 Å². The predicted octanol–water partition coefficient (Wildman–Crippen LogP) is 1.26. The van der Waals surface area contributed by atoms with Gasteiger partial charge in [0.05, 0.1) is 0 Å². The summed E-state index contributed by atoms with van der Waals surface area (Å²) in [6.07, 6.45) is 3.96. The molecule has 0 bridgehead atoms. The predicted molar refractivity (Wildman–Crippen MR) is 55.3 cm³/mol. The summed E-state index contributed by atoms with van der Waals surface area (Å²) in [6.45, 7) is 4.64. The monoisotopic (exact) mass is 200 g/mol. The van der Waals surface area contributed by atoms with E-state index in [0.717, 1.165) is 45.3 Å². The van der Waals surface area contributed by atoms with Gasteiger partial charge in [0.1, 0.15) is 6.10 Å². The van der Waals surface area contributed by atoms with Crippen molar-refractivity contribution in [1.29, 1.82) is 0 Å². The molecule has 1 heterocycles. The molecule has 0 aromatic rings. The second-order valence-corrected chi connectivity index (χ2v) is 3.65. The Morgan fingerprint density at radius 1 is 1.64 bits per heavy atom. The molecule has 0 aliphatic carbocycles. The van der Waals surface area contributed by atoms with Gasteiger partial charge in [-0.1, -0.05) is 13.3 Å². The van der Waals surface area contributed by atoms with Gasteiger partial charge in [-0.3, -0.25) is 0 Å². The van der Waals surface area contributed by atoms with Crippen LogP contribution in [0.2, 0.25) is 0 Å². The number of carbonyl (C=O) groups is 1. The Morgan fingerprint density at radius 2 is 2.50 bits per heavy atom. The lowest BCUT2D eigenvalue weighted by Crippen LogP contribution is -2.39. The van der Waals surface area contributed by atoms with Crippen LogP contribution in [0.25, 0.3) is 0 Å². The summed E-state index contributed by atoms with van der Waals surface area (Å²) in [5.41, 5.74) is 0. The lowest BCUT2D eigenvalue weighted by molar-refractivity contribution is 0.0825. The molecule has 1 unspecified atom stereocenters. The van der Waals surface area contributed by atoms with Gasteiger partial charge in [-0.25, -0.2) is 4.79 Å². The Hall–Kier alpha value is -0.770. The van der Waals surface area contributed by atoms with E-state index in [1.165, 1.54) is 0 Å². The molecule has 4 heteroatoms. The molecule has 1 amide bonds. The average molecular weight is 200 g/mol. The number of alkyl carbamates (subject to hydrolysis) is 1. The third-order valence-corrected chi connectivity index (χ3v) is 2.33. The summed E-state index contributed by atoms with van der Waals surface area (Å²) in [7, 11) is 0. The van der Waals surface area contributed by atoms with Gasteiger partial charge in [0.15, 0.2) is 0 Å². The van der Waals surface area contributed by atoms with Crippen LogP contribution in [0.1, 0.15) is 32.6 Å². The van der Waals surface area contributed by atoms with Crippen LogP contribution in [-0.4, -0.2) is 31.8 Å². The van der Waals surface area contributed by atoms with E-state index in [9.17, 15) is 4.79 Å². The summed E-state index contributed by atoms with van der Waals surface area (Å²) in [6, 6.07) is 0. The molecule has 0 aromatic heterocycles. The van der Waals surface area contributed by atoms with Crippen LogP contribution in [-0.2, 0) is 4.74 Å². The van der Waals surface area contributed by atoms with Crippen molar-refractivity contribution in [3.8, 4) is 0 Å². The molecule has 2 N–H and O–H groups in total. The highest BCUT2D eigenvalue weighted by Crippen LogP contribution is 2.05. The van der Waals surface area contributed by atoms with Crippen molar-refractivity contribution in [1.82, 2.24) is 10.6 Å². The van der Waals surface area contributed by atoms with Gasteiger partial charge in [0, 0.05) is 13.1 Å². The van der Waals surface area contributed by atoms with E-state index < -0.39 is 0 Å². The van der Waals surface area contributed by atoms with Gasteiger partial charge >= 0.3 is 6.09 Å². The number of hydrogen-bond acceptors (Lipinski definition) is 3. The van der Waals surface area contributed by atoms with Crippen LogP contribution in [0.3, 0.4) is 0 Å². The van der Waals surface area contributed by atoms with Crippen molar-refractivity contribution in [2.45, 2.75) is 38.7 Å². The minimum atomic E-state index is -0.271. The number of unbranched alkanes of at least 4 members (excludes halogenated alkanes) is 1. The van der Waals surface area contributed by atoms with E-state index in [0.29, 0.717) is 0 Å². The van der Waals surface area contributed by atoms with Gasteiger partial charge in [-0.2, -0.15) is 0 Å². The highest BCUT2D eigenvalue weighted by Gasteiger charge is 2.16. The van der Waals surface area contributed by atoms with E-state index in [1.807, 2.05) is 0 Å². The lowest BCUT2D eigenvalue weighted by atomic mass is 10.1. The number of amides is 1. The van der Waals surface area contributed by atoms with Gasteiger partial charge in [0.25, 0.3) is 0 Å². The number of hydrogen-bond donors (Lipinski definition) is 2. The van der Waals surface area contributed by atoms with E-state index in [2.05, 4.69) is 17.6 Å². The highest BCUT2D eigenvalue weighted by atomic mass is 16.6. The first-order valence-electron chi connectivity index (χ1n) is 5.48. The quantitative estimate of drug-likeness (QED) is 0.672. The van der Waals surface area contributed by atoms with Crippen LogP contribution in [0.5, 0.6) is 0 Å². The normalized spacial score (nSPS) is 21.6. The smallest absolute Gasteiger partial charge is 0.407 e. The summed E-state index contributed by atoms with van der Waals surface area (Å²) in [5.74, 6) is 0. The number of nitrogens with one attached hydrogen (secondary N) is 2. The summed E-state index contributed by atoms with van der Waals surface area (Å²) in [5, 5.41) is 5.94. The molecule has 0 radical (unpaired) electrons. The van der Waals surface area contributed by atoms with E-state index in [-0.39, 0.29) is 12.2 Å². The molecule has 4 nitrogen and oxygen atoms in total. The Kier molecular flexibility index (Phi) is 5.37. The van der Waals surface area contributed by atoms with Crippen molar-refractivity contribution >= 4 is 6.09 Å². The first-order valence-corrected chi connectivity index (χ1v) is 5.48. The molecule has 0 saturated carbocycles. The number of piperidine rings is 1. The van der Waals surface area contributed by atoms with E-state index in [1.54, 1.807) is 0 Å². The zero-order valence-corrected chi connectivity index (χ0v) is 8.84. The van der Waals surface area contributed by atoms with Gasteiger partial charge in [-0.05, 0) is 25.8 Å². The Bertz CT molecular complexity index is 168. The maximum Gasteiger partial charge on any atom is 0.407 e. The van der Waals surface area contributed by atoms with Crippen LogP contribution in [0.4, 0.5) is 4.79 Å². The molecule has 0 spiro atoms. The van der Waals surface area contributed by atoms with Crippen LogP contribution in [0, 0.1) is 0 Å². The molecule has 14 heavy (non-hydrogen) atoms. The number of ether oxygens (including phenoxy) is 1. The largest absolute Gasteiger partial charge is 0.445 e. The zero-order chi connectivity index (χ0) is 10.2. The number of rotatable bonds is 4. The Labute approximate surface area is 85.4 Å². The minimum Gasteiger partial charge on any atom is -0.445 e. The minimum absolute atomic E-state index is 0.0605. The second kappa shape index (κ2) is 6.65. The first kappa shape index (κ1) is 11.3. The van der Waals surface area contributed by atoms with Crippen LogP contribution in [0.15, 0.2) is 0 Å². The van der Waals surface area contributed by atoms with Crippen LogP contribution < -0.4 is 10.6 Å². The fraction of sp³-hybridized carbons (Fsp3) is 0.900.